The molecule has 1 aliphatic rings. The highest BCUT2D eigenvalue weighted by atomic mass is 32.2. The van der Waals surface area contributed by atoms with Crippen molar-refractivity contribution in [1.82, 2.24) is 4.72 Å². The molecule has 6 heteroatoms. The number of aryl methyl sites for hydroxylation is 1. The first-order valence-corrected chi connectivity index (χ1v) is 12.5. The summed E-state index contributed by atoms with van der Waals surface area (Å²) < 4.78 is 28.7. The highest BCUT2D eigenvalue weighted by molar-refractivity contribution is 7.89. The van der Waals surface area contributed by atoms with E-state index in [1.54, 1.807) is 0 Å². The zero-order valence-electron chi connectivity index (χ0n) is 18.8. The van der Waals surface area contributed by atoms with Crippen LogP contribution in [0.5, 0.6) is 11.5 Å². The summed E-state index contributed by atoms with van der Waals surface area (Å²) in [5.41, 5.74) is 3.17. The van der Waals surface area contributed by atoms with Gasteiger partial charge in [0.1, 0.15) is 16.4 Å². The molecule has 0 bridgehead atoms. The van der Waals surface area contributed by atoms with Gasteiger partial charge in [0.05, 0.1) is 0 Å². The Hall–Kier alpha value is -1.79. The van der Waals surface area contributed by atoms with Crippen molar-refractivity contribution in [3.8, 4) is 11.5 Å². The van der Waals surface area contributed by atoms with Gasteiger partial charge in [-0.05, 0) is 77.3 Å². The number of phenolic OH excluding ortho intramolecular Hbond substituents is 2. The van der Waals surface area contributed by atoms with Crippen LogP contribution in [-0.2, 0) is 22.9 Å². The zero-order valence-corrected chi connectivity index (χ0v) is 19.6. The lowest BCUT2D eigenvalue weighted by Gasteiger charge is -2.17. The maximum absolute atomic E-state index is 13.0. The Bertz CT molecular complexity index is 892. The fraction of sp³-hybridized carbons (Fsp3) is 0.583. The number of rotatable bonds is 12. The number of nitrogens with one attached hydrogen (secondary N) is 1. The van der Waals surface area contributed by atoms with E-state index in [0.717, 1.165) is 50.5 Å². The number of unbranched alkanes of at least 4 members (excludes halogenated alkanes) is 2. The van der Waals surface area contributed by atoms with Crippen LogP contribution in [0.25, 0.3) is 0 Å². The minimum atomic E-state index is -3.84. The lowest BCUT2D eigenvalue weighted by Crippen LogP contribution is -2.27. The van der Waals surface area contributed by atoms with Crippen molar-refractivity contribution in [3.05, 3.63) is 40.5 Å². The second kappa shape index (κ2) is 11.0. The molecule has 2 rings (SSSR count). The second-order valence-electron chi connectivity index (χ2n) is 8.64. The first kappa shape index (κ1) is 24.5. The summed E-state index contributed by atoms with van der Waals surface area (Å²) in [4.78, 5) is -0.0612. The van der Waals surface area contributed by atoms with Crippen molar-refractivity contribution in [1.29, 1.82) is 0 Å². The zero-order chi connectivity index (χ0) is 22.3. The summed E-state index contributed by atoms with van der Waals surface area (Å²) in [6.45, 7) is 8.22. The highest BCUT2D eigenvalue weighted by Gasteiger charge is 2.32. The molecule has 0 unspecified atom stereocenters. The van der Waals surface area contributed by atoms with Crippen molar-refractivity contribution < 1.29 is 18.6 Å². The molecule has 1 aliphatic carbocycles. The summed E-state index contributed by atoms with van der Waals surface area (Å²) >= 11 is 0. The lowest BCUT2D eigenvalue weighted by molar-refractivity contribution is 0.426. The fourth-order valence-electron chi connectivity index (χ4n) is 3.43. The number of hydrogen-bond donors (Lipinski definition) is 3. The molecule has 1 aromatic rings. The Morgan fingerprint density at radius 1 is 1.17 bits per heavy atom. The van der Waals surface area contributed by atoms with E-state index < -0.39 is 10.0 Å². The smallest absolute Gasteiger partial charge is 0.244 e. The third kappa shape index (κ3) is 7.17. The van der Waals surface area contributed by atoms with Gasteiger partial charge in [0.15, 0.2) is 0 Å². The van der Waals surface area contributed by atoms with E-state index in [2.05, 4.69) is 31.6 Å². The van der Waals surface area contributed by atoms with E-state index in [1.165, 1.54) is 11.6 Å². The predicted octanol–water partition coefficient (Wildman–Crippen LogP) is 5.51. The van der Waals surface area contributed by atoms with Crippen LogP contribution in [0.15, 0.2) is 34.3 Å². The van der Waals surface area contributed by atoms with Crippen LogP contribution in [0.3, 0.4) is 0 Å². The summed E-state index contributed by atoms with van der Waals surface area (Å²) in [5.74, 6) is -0.360. The van der Waals surface area contributed by atoms with E-state index in [9.17, 15) is 18.6 Å². The van der Waals surface area contributed by atoms with Crippen molar-refractivity contribution in [2.75, 3.05) is 0 Å². The Morgan fingerprint density at radius 3 is 2.47 bits per heavy atom. The SMILES string of the molecule is CCCCCc1cc(O)c(C/C=C(\C)CCC=C(C)C)c(O)c1S(=O)(=O)NC1CC1. The third-order valence-corrected chi connectivity index (χ3v) is 7.01. The van der Waals surface area contributed by atoms with Crippen molar-refractivity contribution in [2.45, 2.75) is 96.4 Å². The summed E-state index contributed by atoms with van der Waals surface area (Å²) in [5, 5.41) is 21.5. The third-order valence-electron chi connectivity index (χ3n) is 5.38. The van der Waals surface area contributed by atoms with E-state index in [-0.39, 0.29) is 28.0 Å². The molecule has 0 saturated heterocycles. The van der Waals surface area contributed by atoms with Gasteiger partial charge in [0, 0.05) is 11.6 Å². The number of allylic oxidation sites excluding steroid dienone is 4. The quantitative estimate of drug-likeness (QED) is 0.299. The van der Waals surface area contributed by atoms with Crippen LogP contribution < -0.4 is 4.72 Å². The van der Waals surface area contributed by atoms with Crippen molar-refractivity contribution in [2.24, 2.45) is 0 Å². The number of phenols is 2. The van der Waals surface area contributed by atoms with Gasteiger partial charge in [-0.1, -0.05) is 43.1 Å². The Kier molecular flexibility index (Phi) is 8.98. The molecule has 0 spiro atoms. The van der Waals surface area contributed by atoms with E-state index in [4.69, 9.17) is 0 Å². The average Bonchev–Trinajstić information content (AvgIpc) is 3.44. The summed E-state index contributed by atoms with van der Waals surface area (Å²) in [7, 11) is -3.84. The van der Waals surface area contributed by atoms with E-state index in [1.807, 2.05) is 13.0 Å². The molecule has 0 heterocycles. The standard InChI is InChI=1S/C24H37NO4S/c1-5-6-7-11-19-16-22(26)21(15-12-18(4)10-8-9-17(2)3)23(27)24(19)30(28,29)25-20-13-14-20/h9,12,16,20,25-27H,5-8,10-11,13-15H2,1-4H3/b18-12+. The van der Waals surface area contributed by atoms with Gasteiger partial charge in [0.25, 0.3) is 0 Å². The van der Waals surface area contributed by atoms with Gasteiger partial charge in [-0.2, -0.15) is 0 Å². The maximum atomic E-state index is 13.0. The number of aromatic hydroxyl groups is 2. The molecular formula is C24H37NO4S. The van der Waals surface area contributed by atoms with Crippen LogP contribution in [0.2, 0.25) is 0 Å². The van der Waals surface area contributed by atoms with Crippen molar-refractivity contribution in [3.63, 3.8) is 0 Å². The largest absolute Gasteiger partial charge is 0.508 e. The molecule has 1 aromatic carbocycles. The van der Waals surface area contributed by atoms with Gasteiger partial charge >= 0.3 is 0 Å². The van der Waals surface area contributed by atoms with Gasteiger partial charge in [-0.25, -0.2) is 13.1 Å². The monoisotopic (exact) mass is 435 g/mol. The molecule has 0 amide bonds. The van der Waals surface area contributed by atoms with Gasteiger partial charge in [-0.15, -0.1) is 0 Å². The average molecular weight is 436 g/mol. The van der Waals surface area contributed by atoms with Crippen LogP contribution >= 0.6 is 0 Å². The lowest BCUT2D eigenvalue weighted by atomic mass is 10.00. The van der Waals surface area contributed by atoms with Gasteiger partial charge in [-0.3, -0.25) is 0 Å². The minimum Gasteiger partial charge on any atom is -0.508 e. The molecule has 30 heavy (non-hydrogen) atoms. The van der Waals surface area contributed by atoms with E-state index >= 15 is 0 Å². The number of sulfonamides is 1. The van der Waals surface area contributed by atoms with Crippen LogP contribution in [0.1, 0.15) is 83.8 Å². The Morgan fingerprint density at radius 2 is 1.87 bits per heavy atom. The summed E-state index contributed by atoms with van der Waals surface area (Å²) in [6, 6.07) is 1.48. The molecule has 168 valence electrons. The Balaban J connectivity index is 2.34. The second-order valence-corrected chi connectivity index (χ2v) is 10.3. The number of benzene rings is 1. The minimum absolute atomic E-state index is 0.0438. The van der Waals surface area contributed by atoms with Crippen LogP contribution in [0, 0.1) is 0 Å². The highest BCUT2D eigenvalue weighted by Crippen LogP contribution is 2.39. The molecule has 5 nitrogen and oxygen atoms in total. The molecule has 0 aliphatic heterocycles. The molecule has 1 saturated carbocycles. The molecule has 1 fully saturated rings. The van der Waals surface area contributed by atoms with Crippen LogP contribution in [-0.4, -0.2) is 24.7 Å². The molecule has 3 N–H and O–H groups in total. The molecular weight excluding hydrogens is 398 g/mol. The van der Waals surface area contributed by atoms with E-state index in [0.29, 0.717) is 18.4 Å². The molecule has 0 aromatic heterocycles. The normalized spacial score (nSPS) is 14.7. The number of hydrogen-bond acceptors (Lipinski definition) is 4. The maximum Gasteiger partial charge on any atom is 0.244 e. The first-order valence-electron chi connectivity index (χ1n) is 11.0. The fourth-order valence-corrected chi connectivity index (χ4v) is 5.10. The molecule has 0 radical (unpaired) electrons. The van der Waals surface area contributed by atoms with Crippen molar-refractivity contribution >= 4 is 10.0 Å². The predicted molar refractivity (Wildman–Crippen MR) is 122 cm³/mol. The van der Waals surface area contributed by atoms with Gasteiger partial charge < -0.3 is 10.2 Å². The first-order chi connectivity index (χ1) is 14.2. The molecule has 0 atom stereocenters. The Labute approximate surface area is 182 Å². The summed E-state index contributed by atoms with van der Waals surface area (Å²) in [6.07, 6.45) is 11.2. The topological polar surface area (TPSA) is 86.6 Å². The van der Waals surface area contributed by atoms with Gasteiger partial charge in [0.2, 0.25) is 10.0 Å². The van der Waals surface area contributed by atoms with Crippen LogP contribution in [0.4, 0.5) is 0 Å².